The van der Waals surface area contributed by atoms with Crippen LogP contribution in [0.15, 0.2) is 47.2 Å². The van der Waals surface area contributed by atoms with Gasteiger partial charge in [0.25, 0.3) is 5.91 Å². The number of aromatic nitrogens is 1. The summed E-state index contributed by atoms with van der Waals surface area (Å²) in [5, 5.41) is 2.59. The van der Waals surface area contributed by atoms with Crippen LogP contribution in [0.4, 0.5) is 5.69 Å². The predicted molar refractivity (Wildman–Crippen MR) is 91.6 cm³/mol. The number of anilines is 1. The first-order valence-electron chi connectivity index (χ1n) is 7.09. The van der Waals surface area contributed by atoms with E-state index in [2.05, 4.69) is 26.2 Å². The van der Waals surface area contributed by atoms with Gasteiger partial charge in [0.2, 0.25) is 0 Å². The number of halogens is 1. The molecule has 126 valence electrons. The number of hydrogen-bond acceptors (Lipinski definition) is 6. The maximum atomic E-state index is 11.9. The number of hydrogen-bond donors (Lipinski definition) is 2. The van der Waals surface area contributed by atoms with Gasteiger partial charge >= 0.3 is 5.97 Å². The Morgan fingerprint density at radius 3 is 2.71 bits per heavy atom. The molecule has 0 unspecified atom stereocenters. The summed E-state index contributed by atoms with van der Waals surface area (Å²) in [7, 11) is 0. The Labute approximate surface area is 147 Å². The van der Waals surface area contributed by atoms with Crippen LogP contribution < -0.4 is 15.8 Å². The van der Waals surface area contributed by atoms with E-state index in [-0.39, 0.29) is 11.3 Å². The van der Waals surface area contributed by atoms with E-state index < -0.39 is 18.5 Å². The average molecular weight is 394 g/mol. The van der Waals surface area contributed by atoms with Gasteiger partial charge in [0.05, 0.1) is 17.8 Å². The molecule has 0 aliphatic carbocycles. The zero-order chi connectivity index (χ0) is 17.4. The second kappa shape index (κ2) is 8.88. The molecule has 0 fully saturated rings. The van der Waals surface area contributed by atoms with Crippen LogP contribution in [0.2, 0.25) is 0 Å². The van der Waals surface area contributed by atoms with E-state index in [1.165, 1.54) is 12.3 Å². The Morgan fingerprint density at radius 1 is 1.21 bits per heavy atom. The topological polar surface area (TPSA) is 104 Å². The minimum absolute atomic E-state index is 0.150. The molecule has 0 radical (unpaired) electrons. The van der Waals surface area contributed by atoms with Crippen molar-refractivity contribution in [3.05, 3.63) is 52.8 Å². The molecular weight excluding hydrogens is 378 g/mol. The van der Waals surface area contributed by atoms with Crippen LogP contribution in [-0.4, -0.2) is 36.6 Å². The van der Waals surface area contributed by atoms with Crippen LogP contribution in [0.5, 0.6) is 5.75 Å². The molecular formula is C16H16BrN3O4. The lowest BCUT2D eigenvalue weighted by molar-refractivity contribution is -0.124. The number of nitrogens with one attached hydrogen (secondary N) is 1. The summed E-state index contributed by atoms with van der Waals surface area (Å²) in [6.07, 6.45) is 1.41. The summed E-state index contributed by atoms with van der Waals surface area (Å²) in [5.41, 5.74) is 6.03. The van der Waals surface area contributed by atoms with Crippen molar-refractivity contribution in [1.82, 2.24) is 10.3 Å². The van der Waals surface area contributed by atoms with Gasteiger partial charge in [-0.1, -0.05) is 18.2 Å². The molecule has 1 aromatic heterocycles. The number of pyridine rings is 1. The number of nitrogens with zero attached hydrogens (tertiary/aromatic N) is 1. The van der Waals surface area contributed by atoms with Crippen LogP contribution in [0, 0.1) is 0 Å². The highest BCUT2D eigenvalue weighted by molar-refractivity contribution is 9.10. The monoisotopic (exact) mass is 393 g/mol. The van der Waals surface area contributed by atoms with Gasteiger partial charge in [-0.05, 0) is 34.1 Å². The Balaban J connectivity index is 1.69. The number of nitrogen functional groups attached to an aromatic ring is 1. The number of esters is 1. The Morgan fingerprint density at radius 2 is 1.96 bits per heavy atom. The number of carbonyl (C=O) groups is 2. The van der Waals surface area contributed by atoms with Crippen LogP contribution in [-0.2, 0) is 9.53 Å². The molecule has 7 nitrogen and oxygen atoms in total. The molecule has 0 aliphatic heterocycles. The fourth-order valence-corrected chi connectivity index (χ4v) is 2.09. The standard InChI is InChI=1S/C16H16BrN3O4/c17-15-14(18)12(6-7-20-15)16(22)24-10-13(21)19-8-9-23-11-4-2-1-3-5-11/h1-7H,8-10,18H2,(H,19,21). The van der Waals surface area contributed by atoms with Gasteiger partial charge < -0.3 is 20.5 Å². The summed E-state index contributed by atoms with van der Waals surface area (Å²) in [6.45, 7) is 0.214. The lowest BCUT2D eigenvalue weighted by Crippen LogP contribution is -2.32. The van der Waals surface area contributed by atoms with Gasteiger partial charge in [-0.3, -0.25) is 4.79 Å². The van der Waals surface area contributed by atoms with Gasteiger partial charge in [0.15, 0.2) is 6.61 Å². The minimum atomic E-state index is -0.689. The number of para-hydroxylation sites is 1. The normalized spacial score (nSPS) is 10.0. The van der Waals surface area contributed by atoms with E-state index in [4.69, 9.17) is 15.2 Å². The van der Waals surface area contributed by atoms with Crippen molar-refractivity contribution in [1.29, 1.82) is 0 Å². The molecule has 0 atom stereocenters. The van der Waals surface area contributed by atoms with Crippen molar-refractivity contribution in [3.8, 4) is 5.75 Å². The van der Waals surface area contributed by atoms with Gasteiger partial charge in [0.1, 0.15) is 17.0 Å². The number of nitrogens with two attached hydrogens (primary N) is 1. The van der Waals surface area contributed by atoms with Crippen molar-refractivity contribution in [2.24, 2.45) is 0 Å². The molecule has 3 N–H and O–H groups in total. The van der Waals surface area contributed by atoms with Gasteiger partial charge in [-0.25, -0.2) is 9.78 Å². The molecule has 0 saturated heterocycles. The SMILES string of the molecule is Nc1c(C(=O)OCC(=O)NCCOc2ccccc2)ccnc1Br. The fraction of sp³-hybridized carbons (Fsp3) is 0.188. The molecule has 0 spiro atoms. The number of carbonyl (C=O) groups excluding carboxylic acids is 2. The Bertz CT molecular complexity index is 710. The van der Waals surface area contributed by atoms with Gasteiger partial charge in [-0.2, -0.15) is 0 Å². The highest BCUT2D eigenvalue weighted by Crippen LogP contribution is 2.20. The third kappa shape index (κ3) is 5.24. The molecule has 1 heterocycles. The lowest BCUT2D eigenvalue weighted by atomic mass is 10.2. The highest BCUT2D eigenvalue weighted by Gasteiger charge is 2.15. The van der Waals surface area contributed by atoms with Crippen LogP contribution in [0.25, 0.3) is 0 Å². The van der Waals surface area contributed by atoms with Gasteiger partial charge in [0, 0.05) is 6.20 Å². The minimum Gasteiger partial charge on any atom is -0.492 e. The quantitative estimate of drug-likeness (QED) is 0.422. The third-order valence-electron chi connectivity index (χ3n) is 2.93. The van der Waals surface area contributed by atoms with E-state index in [0.29, 0.717) is 17.8 Å². The predicted octanol–water partition coefficient (Wildman–Crippen LogP) is 1.78. The second-order valence-corrected chi connectivity index (χ2v) is 5.40. The fourth-order valence-electron chi connectivity index (χ4n) is 1.76. The third-order valence-corrected chi connectivity index (χ3v) is 3.56. The van der Waals surface area contributed by atoms with E-state index >= 15 is 0 Å². The van der Waals surface area contributed by atoms with Crippen molar-refractivity contribution in [3.63, 3.8) is 0 Å². The molecule has 0 bridgehead atoms. The molecule has 0 aliphatic rings. The first-order valence-corrected chi connectivity index (χ1v) is 7.89. The lowest BCUT2D eigenvalue weighted by Gasteiger charge is -2.09. The summed E-state index contributed by atoms with van der Waals surface area (Å²) in [6, 6.07) is 10.7. The molecule has 2 rings (SSSR count). The van der Waals surface area contributed by atoms with E-state index in [0.717, 1.165) is 5.75 Å². The number of benzene rings is 1. The molecule has 1 amide bonds. The summed E-state index contributed by atoms with van der Waals surface area (Å²) in [5.74, 6) is -0.394. The zero-order valence-corrected chi connectivity index (χ0v) is 14.3. The summed E-state index contributed by atoms with van der Waals surface area (Å²) in [4.78, 5) is 27.4. The first kappa shape index (κ1) is 17.7. The van der Waals surface area contributed by atoms with Crippen molar-refractivity contribution >= 4 is 33.5 Å². The Hall–Kier alpha value is -2.61. The number of amides is 1. The second-order valence-electron chi connectivity index (χ2n) is 4.65. The largest absolute Gasteiger partial charge is 0.492 e. The van der Waals surface area contributed by atoms with Crippen LogP contribution in [0.1, 0.15) is 10.4 Å². The molecule has 1 aromatic carbocycles. The van der Waals surface area contributed by atoms with E-state index in [1.807, 2.05) is 30.3 Å². The summed E-state index contributed by atoms with van der Waals surface area (Å²) >= 11 is 3.12. The number of rotatable bonds is 7. The number of ether oxygens (including phenoxy) is 2. The summed E-state index contributed by atoms with van der Waals surface area (Å²) < 4.78 is 10.7. The van der Waals surface area contributed by atoms with E-state index in [1.54, 1.807) is 0 Å². The van der Waals surface area contributed by atoms with Crippen molar-refractivity contribution in [2.75, 3.05) is 25.5 Å². The average Bonchev–Trinajstić information content (AvgIpc) is 2.60. The van der Waals surface area contributed by atoms with Crippen molar-refractivity contribution < 1.29 is 19.1 Å². The van der Waals surface area contributed by atoms with Gasteiger partial charge in [-0.15, -0.1) is 0 Å². The van der Waals surface area contributed by atoms with Crippen molar-refractivity contribution in [2.45, 2.75) is 0 Å². The van der Waals surface area contributed by atoms with E-state index in [9.17, 15) is 9.59 Å². The smallest absolute Gasteiger partial charge is 0.340 e. The maximum absolute atomic E-state index is 11.9. The molecule has 8 heteroatoms. The molecule has 0 saturated carbocycles. The molecule has 2 aromatic rings. The van der Waals surface area contributed by atoms with Crippen LogP contribution >= 0.6 is 15.9 Å². The van der Waals surface area contributed by atoms with Crippen LogP contribution in [0.3, 0.4) is 0 Å². The highest BCUT2D eigenvalue weighted by atomic mass is 79.9. The molecule has 24 heavy (non-hydrogen) atoms. The maximum Gasteiger partial charge on any atom is 0.340 e. The first-order chi connectivity index (χ1) is 11.6. The zero-order valence-electron chi connectivity index (χ0n) is 12.7. The Kier molecular flexibility index (Phi) is 6.56.